The van der Waals surface area contributed by atoms with Crippen molar-refractivity contribution in [1.29, 1.82) is 0 Å². The number of aliphatic carboxylic acids is 1. The second-order valence-corrected chi connectivity index (χ2v) is 20.6. The number of nitrogens with one attached hydrogen (secondary N) is 1. The van der Waals surface area contributed by atoms with E-state index in [-0.39, 0.29) is 50.3 Å². The molecule has 1 aliphatic carbocycles. The molecule has 3 aliphatic heterocycles. The van der Waals surface area contributed by atoms with Crippen LogP contribution in [0.2, 0.25) is 0 Å². The lowest BCUT2D eigenvalue weighted by atomic mass is 9.83. The van der Waals surface area contributed by atoms with E-state index in [2.05, 4.69) is 42.2 Å². The van der Waals surface area contributed by atoms with E-state index in [0.29, 0.717) is 6.42 Å². The molecule has 4 fully saturated rings. The lowest BCUT2D eigenvalue weighted by Gasteiger charge is -2.47. The first kappa shape index (κ1) is 72.1. The van der Waals surface area contributed by atoms with Crippen molar-refractivity contribution in [2.24, 2.45) is 98.8 Å². The highest BCUT2D eigenvalue weighted by Gasteiger charge is 2.56. The predicted octanol–water partition coefficient (Wildman–Crippen LogP) is -6.77. The standard InChI is InChI=1S/C45H89N19O13.C2HF3O2/c1-2-3-4-5-6-7-8-9-10-11-12-13-14-15-25(65)58-19-24-34(75-35-26(63-44(54)55)29(67)22(72-37(35)71)17-59-40(46)47)32(70)39(74-24)77-36-28(66)20(61-42(50)51)16-21(62-43(52)53)33(36)76-38-27(64-45(56)57)31(69)30(68)23(73-38)18-60-41(48)49;3-2(4,5)1(6)7/h20-24,26-39,66-71H,2-19H2,1H3,(H,58,65)(H4,46,47,59)(H4,48,49,60)(H4,50,51,61)(H4,52,53,62)(H4,54,55,63)(H4,56,57,64);(H,6,7)/t20-,21+,22-,23-,24-,26-,27-,28+,29-,30-,31-,32-,33-,34-,35-,36-,37+,38-,39?;/m1./s1. The molecule has 3 saturated heterocycles. The molecular weight excluding hydrogens is 1130 g/mol. The zero-order chi connectivity index (χ0) is 63.0. The van der Waals surface area contributed by atoms with Gasteiger partial charge in [-0.1, -0.05) is 84.0 Å². The quantitative estimate of drug-likeness (QED) is 0.0181. The van der Waals surface area contributed by atoms with Gasteiger partial charge in [0.15, 0.2) is 54.6 Å². The molecule has 34 nitrogen and oxygen atoms in total. The van der Waals surface area contributed by atoms with Gasteiger partial charge >= 0.3 is 12.1 Å². The summed E-state index contributed by atoms with van der Waals surface area (Å²) < 4.78 is 69.0. The highest BCUT2D eigenvalue weighted by Crippen LogP contribution is 2.38. The summed E-state index contributed by atoms with van der Waals surface area (Å²) in [7, 11) is 0. The summed E-state index contributed by atoms with van der Waals surface area (Å²) in [5.74, 6) is -5.80. The van der Waals surface area contributed by atoms with Crippen molar-refractivity contribution in [3.63, 3.8) is 0 Å². The summed E-state index contributed by atoms with van der Waals surface area (Å²) in [6.07, 6.45) is -15.1. The predicted molar refractivity (Wildman–Crippen MR) is 298 cm³/mol. The maximum Gasteiger partial charge on any atom is 0.490 e. The molecule has 19 atom stereocenters. The summed E-state index contributed by atoms with van der Waals surface area (Å²) >= 11 is 0. The van der Waals surface area contributed by atoms with Gasteiger partial charge in [-0.05, 0) is 12.8 Å². The molecule has 84 heavy (non-hydrogen) atoms. The zero-order valence-electron chi connectivity index (χ0n) is 46.8. The number of rotatable bonds is 30. The Kier molecular flexibility index (Phi) is 30.4. The van der Waals surface area contributed by atoms with E-state index in [1.807, 2.05) is 0 Å². The van der Waals surface area contributed by atoms with Crippen molar-refractivity contribution in [3.8, 4) is 0 Å². The lowest BCUT2D eigenvalue weighted by Crippen LogP contribution is -2.64. The van der Waals surface area contributed by atoms with E-state index in [9.17, 15) is 48.6 Å². The smallest absolute Gasteiger partial charge is 0.475 e. The number of hydrogen-bond acceptors (Lipinski definition) is 20. The molecule has 37 heteroatoms. The minimum absolute atomic E-state index is 0.165. The SMILES string of the molecule is CCCCCCCCCCCCCCCC(=O)NC[C@H]1OC(O[C@@H]2[C@@H](O)[C@H](N=C(N)N)C[C@H](N=C(N)N)[C@H]2O[C@H]2O[C@H](CN=C(N)N)[C@@H](O)[C@H](O)[C@H]2N=C(N)N)[C@H](O)[C@@H]1O[C@@H]1[C@H](N=C(N)N)[C@H](O)[C@@H](CN=C(N)N)O[C@@H]1O.O=C(O)C(F)(F)F. The number of guanidine groups is 6. The fraction of sp³-hybridized carbons (Fsp3) is 0.830. The number of aliphatic hydroxyl groups is 6. The van der Waals surface area contributed by atoms with Gasteiger partial charge < -0.3 is 138 Å². The molecule has 3 heterocycles. The molecule has 32 N–H and O–H groups in total. The van der Waals surface area contributed by atoms with Gasteiger partial charge in [0.25, 0.3) is 0 Å². The minimum Gasteiger partial charge on any atom is -0.475 e. The van der Waals surface area contributed by atoms with E-state index in [0.717, 1.165) is 25.7 Å². The van der Waals surface area contributed by atoms with Gasteiger partial charge in [0, 0.05) is 13.0 Å². The first-order valence-corrected chi connectivity index (χ1v) is 27.5. The van der Waals surface area contributed by atoms with Crippen molar-refractivity contribution >= 4 is 47.6 Å². The van der Waals surface area contributed by atoms with Crippen LogP contribution in [0.15, 0.2) is 30.0 Å². The average Bonchev–Trinajstić information content (AvgIpc) is 2.35. The van der Waals surface area contributed by atoms with Crippen molar-refractivity contribution < 1.29 is 86.9 Å². The normalized spacial score (nSPS) is 32.1. The molecule has 0 radical (unpaired) electrons. The molecule has 484 valence electrons. The summed E-state index contributed by atoms with van der Waals surface area (Å²) in [5, 5.41) is 79.5. The highest BCUT2D eigenvalue weighted by atomic mass is 19.4. The Hall–Kier alpha value is -6.13. The fourth-order valence-electron chi connectivity index (χ4n) is 9.79. The maximum atomic E-state index is 13.4. The van der Waals surface area contributed by atoms with Gasteiger partial charge in [-0.3, -0.25) is 14.8 Å². The number of aliphatic hydroxyl groups excluding tert-OH is 6. The third kappa shape index (κ3) is 23.7. The second kappa shape index (κ2) is 35.4. The van der Waals surface area contributed by atoms with Crippen molar-refractivity contribution in [2.45, 2.75) is 226 Å². The molecule has 1 unspecified atom stereocenters. The zero-order valence-corrected chi connectivity index (χ0v) is 46.8. The number of carbonyl (C=O) groups is 2. The van der Waals surface area contributed by atoms with Crippen LogP contribution >= 0.6 is 0 Å². The number of carbonyl (C=O) groups excluding carboxylic acids is 1. The van der Waals surface area contributed by atoms with Gasteiger partial charge in [-0.25, -0.2) is 24.8 Å². The van der Waals surface area contributed by atoms with Gasteiger partial charge in [0.2, 0.25) is 5.91 Å². The molecule has 0 aromatic carbocycles. The number of alkyl halides is 3. The molecule has 4 rings (SSSR count). The fourth-order valence-corrected chi connectivity index (χ4v) is 9.79. The van der Waals surface area contributed by atoms with E-state index < -0.39 is 152 Å². The summed E-state index contributed by atoms with van der Waals surface area (Å²) in [4.78, 5) is 46.7. The largest absolute Gasteiger partial charge is 0.490 e. The van der Waals surface area contributed by atoms with Crippen LogP contribution in [0, 0.1) is 0 Å². The van der Waals surface area contributed by atoms with Crippen molar-refractivity contribution in [2.75, 3.05) is 19.6 Å². The summed E-state index contributed by atoms with van der Waals surface area (Å²) in [6, 6.07) is -5.50. The molecule has 0 bridgehead atoms. The summed E-state index contributed by atoms with van der Waals surface area (Å²) in [6.45, 7) is 1.18. The van der Waals surface area contributed by atoms with Crippen molar-refractivity contribution in [3.05, 3.63) is 0 Å². The van der Waals surface area contributed by atoms with Crippen molar-refractivity contribution in [1.82, 2.24) is 5.32 Å². The Labute approximate surface area is 483 Å². The number of aliphatic imine (C=N–C) groups is 6. The monoisotopic (exact) mass is 1220 g/mol. The number of amides is 1. The Morgan fingerprint density at radius 1 is 0.500 bits per heavy atom. The molecular formula is C47H90F3N19O15. The van der Waals surface area contributed by atoms with E-state index in [4.69, 9.17) is 107 Å². The van der Waals surface area contributed by atoms with Crippen LogP contribution in [0.25, 0.3) is 0 Å². The Balaban J connectivity index is 0.00000247. The minimum atomic E-state index is -5.08. The molecule has 0 aromatic rings. The Morgan fingerprint density at radius 3 is 1.44 bits per heavy atom. The number of unbranched alkanes of at least 4 members (excludes halogenated alkanes) is 12. The number of ether oxygens (including phenoxy) is 6. The van der Waals surface area contributed by atoms with E-state index in [1.54, 1.807) is 0 Å². The van der Waals surface area contributed by atoms with Crippen LogP contribution in [0.3, 0.4) is 0 Å². The Morgan fingerprint density at radius 2 is 0.952 bits per heavy atom. The topological polar surface area (TPSA) is 630 Å². The molecule has 0 spiro atoms. The lowest BCUT2D eigenvalue weighted by molar-refractivity contribution is -0.306. The first-order chi connectivity index (χ1) is 39.5. The van der Waals surface area contributed by atoms with E-state index in [1.165, 1.54) is 51.4 Å². The van der Waals surface area contributed by atoms with Crippen LogP contribution in [0.4, 0.5) is 13.2 Å². The Bertz CT molecular complexity index is 2190. The number of carboxylic acid groups (broad SMARTS) is 1. The van der Waals surface area contributed by atoms with Crippen LogP contribution < -0.4 is 74.1 Å². The number of halogens is 3. The van der Waals surface area contributed by atoms with Gasteiger partial charge in [-0.2, -0.15) is 13.2 Å². The highest BCUT2D eigenvalue weighted by molar-refractivity contribution is 5.78. The van der Waals surface area contributed by atoms with E-state index >= 15 is 0 Å². The van der Waals surface area contributed by atoms with Gasteiger partial charge in [0.05, 0.1) is 25.2 Å². The number of nitrogens with zero attached hydrogens (tertiary/aromatic N) is 6. The third-order valence-corrected chi connectivity index (χ3v) is 13.8. The number of nitrogens with two attached hydrogens (primary N) is 12. The van der Waals surface area contributed by atoms with Crippen LogP contribution in [-0.4, -0.2) is 225 Å². The third-order valence-electron chi connectivity index (χ3n) is 13.8. The van der Waals surface area contributed by atoms with Gasteiger partial charge in [-0.15, -0.1) is 0 Å². The number of carboxylic acids is 1. The number of hydrogen-bond donors (Lipinski definition) is 20. The molecule has 1 saturated carbocycles. The second-order valence-electron chi connectivity index (χ2n) is 20.6. The summed E-state index contributed by atoms with van der Waals surface area (Å²) in [5.41, 5.74) is 68.5. The molecule has 4 aliphatic rings. The average molecular weight is 1220 g/mol. The van der Waals surface area contributed by atoms with Gasteiger partial charge in [0.1, 0.15) is 85.3 Å². The molecule has 1 amide bonds. The maximum absolute atomic E-state index is 13.4. The van der Waals surface area contributed by atoms with Crippen LogP contribution in [-0.2, 0) is 38.0 Å². The van der Waals surface area contributed by atoms with Crippen LogP contribution in [0.1, 0.15) is 103 Å². The molecule has 0 aromatic heterocycles. The van der Waals surface area contributed by atoms with Crippen LogP contribution in [0.5, 0.6) is 0 Å². The first-order valence-electron chi connectivity index (χ1n) is 27.5.